The Hall–Kier alpha value is -1.99. The molecule has 7 heteroatoms. The number of rotatable bonds is 3. The number of thiophene rings is 1. The molecule has 0 aliphatic carbocycles. The predicted octanol–water partition coefficient (Wildman–Crippen LogP) is 2.72. The molecule has 1 spiro atoms. The van der Waals surface area contributed by atoms with Crippen molar-refractivity contribution < 1.29 is 9.53 Å². The first-order valence-electron chi connectivity index (χ1n) is 8.66. The first kappa shape index (κ1) is 16.5. The highest BCUT2D eigenvalue weighted by atomic mass is 32.1. The molecule has 0 saturated carbocycles. The Morgan fingerprint density at radius 2 is 2.12 bits per heavy atom. The van der Waals surface area contributed by atoms with Crippen LogP contribution in [0.5, 0.6) is 0 Å². The van der Waals surface area contributed by atoms with Crippen LogP contribution in [0.2, 0.25) is 0 Å². The van der Waals surface area contributed by atoms with E-state index in [1.54, 1.807) is 18.5 Å². The highest BCUT2D eigenvalue weighted by Gasteiger charge is 2.43. The van der Waals surface area contributed by atoms with Crippen molar-refractivity contribution in [2.75, 3.05) is 25.0 Å². The van der Waals surface area contributed by atoms with Crippen LogP contribution in [0.4, 0.5) is 5.95 Å². The van der Waals surface area contributed by atoms with E-state index in [0.717, 1.165) is 42.8 Å². The van der Waals surface area contributed by atoms with Crippen LogP contribution < -0.4 is 5.32 Å². The van der Waals surface area contributed by atoms with Crippen molar-refractivity contribution in [1.29, 1.82) is 0 Å². The zero-order valence-corrected chi connectivity index (χ0v) is 15.1. The summed E-state index contributed by atoms with van der Waals surface area (Å²) in [4.78, 5) is 23.9. The van der Waals surface area contributed by atoms with E-state index in [0.29, 0.717) is 12.6 Å². The molecule has 0 radical (unpaired) electrons. The third-order valence-corrected chi connectivity index (χ3v) is 6.13. The number of nitrogens with one attached hydrogen (secondary N) is 1. The third kappa shape index (κ3) is 3.39. The Morgan fingerprint density at radius 3 is 2.80 bits per heavy atom. The van der Waals surface area contributed by atoms with E-state index >= 15 is 0 Å². The Kier molecular flexibility index (Phi) is 4.43. The van der Waals surface area contributed by atoms with Gasteiger partial charge in [0.2, 0.25) is 5.95 Å². The minimum absolute atomic E-state index is 0.117. The van der Waals surface area contributed by atoms with Gasteiger partial charge in [-0.05, 0) is 49.3 Å². The summed E-state index contributed by atoms with van der Waals surface area (Å²) >= 11 is 1.53. The third-order valence-electron chi connectivity index (χ3n) is 5.13. The first-order valence-corrected chi connectivity index (χ1v) is 9.54. The van der Waals surface area contributed by atoms with Crippen molar-refractivity contribution in [3.8, 4) is 0 Å². The van der Waals surface area contributed by atoms with Crippen molar-refractivity contribution in [1.82, 2.24) is 14.9 Å². The van der Waals surface area contributed by atoms with Gasteiger partial charge in [0.15, 0.2) is 0 Å². The SMILES string of the molecule is Cc1ccsc1C(=O)N1CCC2(CC1)CC(Nc1ncccn1)CO2. The quantitative estimate of drug-likeness (QED) is 0.914. The van der Waals surface area contributed by atoms with E-state index in [9.17, 15) is 4.79 Å². The minimum Gasteiger partial charge on any atom is -0.373 e. The fourth-order valence-corrected chi connectivity index (χ4v) is 4.59. The van der Waals surface area contributed by atoms with Crippen LogP contribution in [-0.2, 0) is 4.74 Å². The van der Waals surface area contributed by atoms with Crippen molar-refractivity contribution in [3.05, 3.63) is 40.3 Å². The summed E-state index contributed by atoms with van der Waals surface area (Å²) < 4.78 is 6.16. The van der Waals surface area contributed by atoms with Gasteiger partial charge in [0.05, 0.1) is 23.1 Å². The van der Waals surface area contributed by atoms with Crippen LogP contribution in [0.25, 0.3) is 0 Å². The van der Waals surface area contributed by atoms with Gasteiger partial charge in [-0.3, -0.25) is 4.79 Å². The molecule has 2 aromatic rings. The van der Waals surface area contributed by atoms with Gasteiger partial charge in [-0.1, -0.05) is 0 Å². The second-order valence-electron chi connectivity index (χ2n) is 6.84. The van der Waals surface area contributed by atoms with Gasteiger partial charge in [-0.15, -0.1) is 11.3 Å². The average Bonchev–Trinajstić information content (AvgIpc) is 3.23. The first-order chi connectivity index (χ1) is 12.2. The average molecular weight is 358 g/mol. The summed E-state index contributed by atoms with van der Waals surface area (Å²) in [5.74, 6) is 0.807. The fraction of sp³-hybridized carbons (Fsp3) is 0.500. The largest absolute Gasteiger partial charge is 0.373 e. The topological polar surface area (TPSA) is 67.4 Å². The molecule has 2 aliphatic rings. The van der Waals surface area contributed by atoms with E-state index < -0.39 is 0 Å². The van der Waals surface area contributed by atoms with Crippen molar-refractivity contribution in [2.24, 2.45) is 0 Å². The van der Waals surface area contributed by atoms with E-state index in [1.165, 1.54) is 11.3 Å². The summed E-state index contributed by atoms with van der Waals surface area (Å²) in [6.45, 7) is 4.17. The highest BCUT2D eigenvalue weighted by molar-refractivity contribution is 7.12. The second kappa shape index (κ2) is 6.72. The lowest BCUT2D eigenvalue weighted by atomic mass is 9.87. The molecule has 4 heterocycles. The number of hydrogen-bond donors (Lipinski definition) is 1. The fourth-order valence-electron chi connectivity index (χ4n) is 3.69. The van der Waals surface area contributed by atoms with Crippen LogP contribution in [0.1, 0.15) is 34.5 Å². The summed E-state index contributed by atoms with van der Waals surface area (Å²) in [5, 5.41) is 5.33. The molecular weight excluding hydrogens is 336 g/mol. The van der Waals surface area contributed by atoms with E-state index in [4.69, 9.17) is 4.74 Å². The predicted molar refractivity (Wildman–Crippen MR) is 96.9 cm³/mol. The molecule has 1 amide bonds. The Bertz CT molecular complexity index is 741. The van der Waals surface area contributed by atoms with Gasteiger partial charge in [-0.2, -0.15) is 0 Å². The maximum Gasteiger partial charge on any atom is 0.264 e. The molecule has 2 fully saturated rings. The summed E-state index contributed by atoms with van der Waals surface area (Å²) in [5.41, 5.74) is 0.952. The van der Waals surface area contributed by atoms with E-state index in [1.807, 2.05) is 23.3 Å². The van der Waals surface area contributed by atoms with Gasteiger partial charge in [0, 0.05) is 25.5 Å². The standard InChI is InChI=1S/C18H22N4O2S/c1-13-3-10-25-15(13)16(23)22-8-4-18(5-9-22)11-14(12-24-18)21-17-19-6-2-7-20-17/h2-3,6-7,10,14H,4-5,8-9,11-12H2,1H3,(H,19,20,21). The van der Waals surface area contributed by atoms with Gasteiger partial charge in [0.25, 0.3) is 5.91 Å². The molecule has 25 heavy (non-hydrogen) atoms. The van der Waals surface area contributed by atoms with Gasteiger partial charge >= 0.3 is 0 Å². The Labute approximate surface area is 151 Å². The minimum atomic E-state index is -0.117. The van der Waals surface area contributed by atoms with Crippen LogP contribution in [0, 0.1) is 6.92 Å². The molecule has 132 valence electrons. The van der Waals surface area contributed by atoms with Crippen LogP contribution in [0.15, 0.2) is 29.9 Å². The van der Waals surface area contributed by atoms with Crippen LogP contribution in [0.3, 0.4) is 0 Å². The van der Waals surface area contributed by atoms with Gasteiger partial charge in [0.1, 0.15) is 0 Å². The number of nitrogens with zero attached hydrogens (tertiary/aromatic N) is 3. The molecule has 2 aromatic heterocycles. The number of aryl methyl sites for hydroxylation is 1. The smallest absolute Gasteiger partial charge is 0.264 e. The number of aromatic nitrogens is 2. The Balaban J connectivity index is 1.34. The molecule has 1 atom stereocenters. The van der Waals surface area contributed by atoms with Crippen molar-refractivity contribution >= 4 is 23.2 Å². The molecule has 1 unspecified atom stereocenters. The molecule has 6 nitrogen and oxygen atoms in total. The number of hydrogen-bond acceptors (Lipinski definition) is 6. The monoisotopic (exact) mass is 358 g/mol. The molecule has 2 aliphatic heterocycles. The molecule has 2 saturated heterocycles. The lowest BCUT2D eigenvalue weighted by Crippen LogP contribution is -2.46. The normalized spacial score (nSPS) is 22.3. The van der Waals surface area contributed by atoms with Crippen LogP contribution >= 0.6 is 11.3 Å². The second-order valence-corrected chi connectivity index (χ2v) is 7.75. The summed E-state index contributed by atoms with van der Waals surface area (Å²) in [6.07, 6.45) is 6.18. The number of piperidine rings is 1. The number of ether oxygens (including phenoxy) is 1. The van der Waals surface area contributed by atoms with Gasteiger partial charge < -0.3 is 15.0 Å². The lowest BCUT2D eigenvalue weighted by Gasteiger charge is -2.38. The molecule has 4 rings (SSSR count). The molecular formula is C18H22N4O2S. The summed E-state index contributed by atoms with van der Waals surface area (Å²) in [7, 11) is 0. The van der Waals surface area contributed by atoms with Crippen LogP contribution in [-0.4, -0.2) is 52.1 Å². The van der Waals surface area contributed by atoms with Gasteiger partial charge in [-0.25, -0.2) is 9.97 Å². The number of anilines is 1. The maximum atomic E-state index is 12.7. The number of amides is 1. The molecule has 1 N–H and O–H groups in total. The van der Waals surface area contributed by atoms with Crippen molar-refractivity contribution in [2.45, 2.75) is 37.8 Å². The zero-order chi connectivity index (χ0) is 17.3. The lowest BCUT2D eigenvalue weighted by molar-refractivity contribution is -0.0387. The highest BCUT2D eigenvalue weighted by Crippen LogP contribution is 2.37. The molecule has 0 bridgehead atoms. The maximum absolute atomic E-state index is 12.7. The Morgan fingerprint density at radius 1 is 1.36 bits per heavy atom. The zero-order valence-electron chi connectivity index (χ0n) is 14.3. The molecule has 0 aromatic carbocycles. The number of likely N-dealkylation sites (tertiary alicyclic amines) is 1. The van der Waals surface area contributed by atoms with Crippen molar-refractivity contribution in [3.63, 3.8) is 0 Å². The van der Waals surface area contributed by atoms with E-state index in [2.05, 4.69) is 15.3 Å². The summed E-state index contributed by atoms with van der Waals surface area (Å²) in [6, 6.07) is 4.04. The van der Waals surface area contributed by atoms with E-state index in [-0.39, 0.29) is 17.6 Å². The number of carbonyl (C=O) groups excluding carboxylic acids is 1. The number of carbonyl (C=O) groups is 1.